The molecule has 12 rings (SSSR count). The van der Waals surface area contributed by atoms with Gasteiger partial charge in [0.05, 0.1) is 88.2 Å². The van der Waals surface area contributed by atoms with E-state index in [2.05, 4.69) is 36.4 Å². The third-order valence-corrected chi connectivity index (χ3v) is 18.9. The minimum Gasteiger partial charge on any atom is -0.495 e. The molecule has 10 heterocycles. The van der Waals surface area contributed by atoms with Crippen molar-refractivity contribution in [2.24, 2.45) is 0 Å². The van der Waals surface area contributed by atoms with E-state index in [9.17, 15) is 19.2 Å². The van der Waals surface area contributed by atoms with Crippen LogP contribution in [-0.2, 0) is 19.2 Å². The van der Waals surface area contributed by atoms with Crippen molar-refractivity contribution in [2.75, 3.05) is 42.4 Å². The number of hydrogen-bond donors (Lipinski definition) is 0. The van der Waals surface area contributed by atoms with Gasteiger partial charge < -0.3 is 29.1 Å². The number of fused-ring (bicyclic) bond motifs is 5. The summed E-state index contributed by atoms with van der Waals surface area (Å²) in [5.74, 6) is 0.802. The highest BCUT2D eigenvalue weighted by Gasteiger charge is 2.48. The molecule has 4 aliphatic rings. The smallest absolute Gasteiger partial charge is 0.261 e. The molecule has 0 saturated heterocycles. The second-order valence-corrected chi connectivity index (χ2v) is 21.8. The highest BCUT2D eigenvalue weighted by atomic mass is 32.1. The predicted molar refractivity (Wildman–Crippen MR) is 262 cm³/mol. The molecule has 0 spiro atoms. The first-order valence-electron chi connectivity index (χ1n) is 19.9. The van der Waals surface area contributed by atoms with Gasteiger partial charge >= 0.3 is 0 Å². The van der Waals surface area contributed by atoms with E-state index in [1.807, 2.05) is 47.2 Å². The number of carbonyl (C=O) groups excluding carboxylic acids is 4. The fraction of sp³-hybridized carbons (Fsp3) is 0.125. The number of thiophene rings is 6. The average molecular weight is 953 g/mol. The summed E-state index contributed by atoms with van der Waals surface area (Å²) in [5.41, 5.74) is 4.43. The standard InChI is InChI=1S/C48H32N4O6S6/c1-49-37(27-9-7-15-59-27)33-35(47(49)55)39(51(3)45(33)53)29-13-11-25(61-29)31-19-21-17-23-24(41(57-5)43(21)63-31)18-22-20-32(64-44(22)42(23)58-6)26-12-14-30(62-26)40-36-34(46(54)52(40)4)38(50(2)48(36)56)28-10-8-16-60-28/h7-20H,1-6H3. The van der Waals surface area contributed by atoms with Crippen molar-refractivity contribution in [3.8, 4) is 31.0 Å². The monoisotopic (exact) mass is 952 g/mol. The molecule has 0 fully saturated rings. The van der Waals surface area contributed by atoms with Gasteiger partial charge in [0, 0.05) is 58.5 Å². The number of ether oxygens (including phenoxy) is 2. The van der Waals surface area contributed by atoms with Crippen LogP contribution in [0.1, 0.15) is 19.5 Å². The van der Waals surface area contributed by atoms with Crippen molar-refractivity contribution in [3.63, 3.8) is 0 Å². The number of amides is 4. The van der Waals surface area contributed by atoms with E-state index in [0.717, 1.165) is 81.5 Å². The van der Waals surface area contributed by atoms with Crippen LogP contribution in [0.2, 0.25) is 0 Å². The van der Waals surface area contributed by atoms with Crippen LogP contribution in [0.4, 0.5) is 0 Å². The van der Waals surface area contributed by atoms with E-state index in [4.69, 9.17) is 9.47 Å². The van der Waals surface area contributed by atoms with E-state index >= 15 is 0 Å². The van der Waals surface area contributed by atoms with Crippen molar-refractivity contribution in [1.29, 1.82) is 0 Å². The Morgan fingerprint density at radius 3 is 1.08 bits per heavy atom. The van der Waals surface area contributed by atoms with E-state index in [0.29, 0.717) is 45.1 Å². The highest BCUT2D eigenvalue weighted by molar-refractivity contribution is 7.27. The summed E-state index contributed by atoms with van der Waals surface area (Å²) < 4.78 is 14.4. The summed E-state index contributed by atoms with van der Waals surface area (Å²) in [7, 11) is 10.3. The van der Waals surface area contributed by atoms with E-state index < -0.39 is 0 Å². The summed E-state index contributed by atoms with van der Waals surface area (Å²) >= 11 is 9.43. The van der Waals surface area contributed by atoms with Crippen molar-refractivity contribution in [2.45, 2.75) is 0 Å². The van der Waals surface area contributed by atoms with E-state index in [1.165, 1.54) is 22.7 Å². The number of methoxy groups -OCH3 is 2. The largest absolute Gasteiger partial charge is 0.495 e. The number of nitrogens with zero attached hydrogens (tertiary/aromatic N) is 4. The maximum atomic E-state index is 13.7. The Bertz CT molecular complexity index is 3340. The maximum absolute atomic E-state index is 13.7. The number of carbonyl (C=O) groups is 4. The fourth-order valence-electron chi connectivity index (χ4n) is 9.34. The molecule has 16 heteroatoms. The molecule has 10 nitrogen and oxygen atoms in total. The zero-order valence-corrected chi connectivity index (χ0v) is 39.7. The quantitative estimate of drug-likeness (QED) is 0.150. The lowest BCUT2D eigenvalue weighted by Gasteiger charge is -2.18. The molecule has 8 aromatic rings. The zero-order chi connectivity index (χ0) is 44.0. The van der Waals surface area contributed by atoms with Gasteiger partial charge in [0.2, 0.25) is 0 Å². The van der Waals surface area contributed by atoms with Crippen molar-refractivity contribution < 1.29 is 28.7 Å². The van der Waals surface area contributed by atoms with Crippen molar-refractivity contribution in [3.05, 3.63) is 125 Å². The summed E-state index contributed by atoms with van der Waals surface area (Å²) in [5, 5.41) is 7.79. The topological polar surface area (TPSA) is 99.7 Å². The molecule has 6 aromatic heterocycles. The molecule has 64 heavy (non-hydrogen) atoms. The summed E-state index contributed by atoms with van der Waals surface area (Å²) in [6.07, 6.45) is 0. The number of hydrogen-bond acceptors (Lipinski definition) is 12. The van der Waals surface area contributed by atoms with Crippen LogP contribution < -0.4 is 9.47 Å². The molecule has 0 aliphatic carbocycles. The lowest BCUT2D eigenvalue weighted by atomic mass is 10.0. The Morgan fingerprint density at radius 2 is 0.750 bits per heavy atom. The van der Waals surface area contributed by atoms with Gasteiger partial charge in [-0.25, -0.2) is 0 Å². The molecule has 0 radical (unpaired) electrons. The first kappa shape index (κ1) is 39.5. The van der Waals surface area contributed by atoms with Crippen LogP contribution in [0.25, 0.3) is 73.2 Å². The summed E-state index contributed by atoms with van der Waals surface area (Å²) in [6.45, 7) is 0. The average Bonchev–Trinajstić information content (AvgIpc) is 4.14. The third kappa shape index (κ3) is 5.31. The molecule has 316 valence electrons. The SMILES string of the molecule is COc1c2cc3cc(-c4ccc(C5=C6C(=O)N(C)C(c7cccs7)=C6C(=O)N5C)s4)sc3c(OC)c2cc2cc(-c3ccc(C4=C5C(=O)N(C)C(c6cccs6)=C5C(=O)N4C)s3)sc12. The molecular weight excluding hydrogens is 921 g/mol. The highest BCUT2D eigenvalue weighted by Crippen LogP contribution is 2.53. The molecule has 4 amide bonds. The third-order valence-electron chi connectivity index (χ3n) is 12.3. The van der Waals surface area contributed by atoms with Gasteiger partial charge in [0.1, 0.15) is 11.5 Å². The molecule has 2 aromatic carbocycles. The van der Waals surface area contributed by atoms with Crippen LogP contribution in [0.5, 0.6) is 11.5 Å². The van der Waals surface area contributed by atoms with Gasteiger partial charge in [-0.2, -0.15) is 0 Å². The number of rotatable bonds is 8. The Balaban J connectivity index is 0.919. The molecule has 0 saturated carbocycles. The van der Waals surface area contributed by atoms with Gasteiger partial charge in [0.25, 0.3) is 23.6 Å². The summed E-state index contributed by atoms with van der Waals surface area (Å²) in [6, 6.07) is 24.5. The van der Waals surface area contributed by atoms with Crippen molar-refractivity contribution >= 4 is 145 Å². The fourth-order valence-corrected chi connectivity index (χ4v) is 15.7. The molecule has 4 aliphatic heterocycles. The van der Waals surface area contributed by atoms with E-state index in [-0.39, 0.29) is 23.6 Å². The number of benzene rings is 2. The lowest BCUT2D eigenvalue weighted by Crippen LogP contribution is -2.24. The number of likely N-dealkylation sites (N-methyl/N-ethyl adjacent to an activating group) is 4. The molecule has 0 atom stereocenters. The van der Waals surface area contributed by atoms with Crippen LogP contribution in [0, 0.1) is 0 Å². The second kappa shape index (κ2) is 14.2. The van der Waals surface area contributed by atoms with Crippen LogP contribution >= 0.6 is 68.0 Å². The minimum atomic E-state index is -0.178. The van der Waals surface area contributed by atoms with E-state index in [1.54, 1.807) is 107 Å². The van der Waals surface area contributed by atoms with Gasteiger partial charge in [-0.1, -0.05) is 12.1 Å². The first-order chi connectivity index (χ1) is 31.0. The van der Waals surface area contributed by atoms with Gasteiger partial charge in [-0.3, -0.25) is 19.2 Å². The normalized spacial score (nSPS) is 16.7. The molecule has 0 unspecified atom stereocenters. The first-order valence-corrected chi connectivity index (χ1v) is 24.9. The summed E-state index contributed by atoms with van der Waals surface area (Å²) in [4.78, 5) is 68.9. The zero-order valence-electron chi connectivity index (χ0n) is 34.8. The predicted octanol–water partition coefficient (Wildman–Crippen LogP) is 11.0. The Kier molecular flexibility index (Phi) is 8.74. The minimum absolute atomic E-state index is 0.178. The van der Waals surface area contributed by atoms with Gasteiger partial charge in [-0.15, -0.1) is 68.0 Å². The lowest BCUT2D eigenvalue weighted by molar-refractivity contribution is -0.123. The van der Waals surface area contributed by atoms with Crippen LogP contribution in [0.3, 0.4) is 0 Å². The Morgan fingerprint density at radius 1 is 0.406 bits per heavy atom. The van der Waals surface area contributed by atoms with Gasteiger partial charge in [0.15, 0.2) is 0 Å². The maximum Gasteiger partial charge on any atom is 0.261 e. The van der Waals surface area contributed by atoms with Crippen molar-refractivity contribution in [1.82, 2.24) is 19.6 Å². The molecular formula is C48H32N4O6S6. The Labute approximate surface area is 389 Å². The van der Waals surface area contributed by atoms with Crippen LogP contribution in [0.15, 0.2) is 106 Å². The van der Waals surface area contributed by atoms with Crippen LogP contribution in [-0.4, -0.2) is 85.6 Å². The molecule has 0 N–H and O–H groups in total. The molecule has 0 bridgehead atoms. The Hall–Kier alpha value is -6.14. The van der Waals surface area contributed by atoms with Gasteiger partial charge in [-0.05, 0) is 82.2 Å². The second-order valence-electron chi connectivity index (χ2n) is 15.6.